The zero-order valence-electron chi connectivity index (χ0n) is 13.9. The van der Waals surface area contributed by atoms with Crippen LogP contribution < -0.4 is 9.62 Å². The summed E-state index contributed by atoms with van der Waals surface area (Å²) in [5.41, 5.74) is -0.112. The Morgan fingerprint density at radius 3 is 2.68 bits per heavy atom. The lowest BCUT2D eigenvalue weighted by Crippen LogP contribution is -2.45. The van der Waals surface area contributed by atoms with Gasteiger partial charge in [0.1, 0.15) is 6.54 Å². The van der Waals surface area contributed by atoms with Crippen LogP contribution in [0.4, 0.5) is 11.4 Å². The van der Waals surface area contributed by atoms with Crippen molar-refractivity contribution in [1.29, 1.82) is 0 Å². The van der Waals surface area contributed by atoms with Crippen molar-refractivity contribution in [2.75, 3.05) is 17.1 Å². The molecule has 0 aromatic heterocycles. The minimum Gasteiger partial charge on any atom is -0.352 e. The molecule has 1 N–H and O–H groups in total. The molecular weight excluding hydrogens is 346 g/mol. The zero-order chi connectivity index (χ0) is 18.2. The van der Waals surface area contributed by atoms with Gasteiger partial charge < -0.3 is 5.32 Å². The van der Waals surface area contributed by atoms with E-state index < -0.39 is 14.9 Å². The Bertz CT molecular complexity index is 795. The smallest absolute Gasteiger partial charge is 0.271 e. The van der Waals surface area contributed by atoms with Crippen LogP contribution in [0.3, 0.4) is 0 Å². The second kappa shape index (κ2) is 6.62. The average molecular weight is 367 g/mol. The molecule has 3 atom stereocenters. The molecule has 2 aliphatic carbocycles. The molecule has 2 bridgehead atoms. The number of benzene rings is 1. The van der Waals surface area contributed by atoms with Gasteiger partial charge in [-0.25, -0.2) is 8.42 Å². The topological polar surface area (TPSA) is 110 Å². The Morgan fingerprint density at radius 1 is 1.36 bits per heavy atom. The van der Waals surface area contributed by atoms with Gasteiger partial charge in [-0.3, -0.25) is 19.2 Å². The van der Waals surface area contributed by atoms with E-state index in [-0.39, 0.29) is 29.9 Å². The van der Waals surface area contributed by atoms with E-state index in [0.29, 0.717) is 11.8 Å². The molecule has 0 aliphatic heterocycles. The molecule has 2 aliphatic rings. The van der Waals surface area contributed by atoms with Gasteiger partial charge in [0, 0.05) is 18.2 Å². The first kappa shape index (κ1) is 17.7. The molecule has 8 nitrogen and oxygen atoms in total. The van der Waals surface area contributed by atoms with Gasteiger partial charge in [0.2, 0.25) is 15.9 Å². The molecule has 1 amide bonds. The van der Waals surface area contributed by atoms with Gasteiger partial charge in [-0.2, -0.15) is 0 Å². The summed E-state index contributed by atoms with van der Waals surface area (Å²) in [5, 5.41) is 13.9. The van der Waals surface area contributed by atoms with Crippen molar-refractivity contribution >= 4 is 27.3 Å². The quantitative estimate of drug-likeness (QED) is 0.607. The van der Waals surface area contributed by atoms with Gasteiger partial charge in [-0.05, 0) is 37.2 Å². The first-order valence-electron chi connectivity index (χ1n) is 8.25. The first-order chi connectivity index (χ1) is 11.7. The van der Waals surface area contributed by atoms with E-state index in [1.165, 1.54) is 24.6 Å². The van der Waals surface area contributed by atoms with Crippen LogP contribution in [0.5, 0.6) is 0 Å². The Labute approximate surface area is 146 Å². The van der Waals surface area contributed by atoms with Crippen molar-refractivity contribution in [2.24, 2.45) is 11.8 Å². The van der Waals surface area contributed by atoms with Gasteiger partial charge in [-0.15, -0.1) is 0 Å². The van der Waals surface area contributed by atoms with Crippen LogP contribution >= 0.6 is 0 Å². The van der Waals surface area contributed by atoms with Crippen molar-refractivity contribution in [1.82, 2.24) is 5.32 Å². The van der Waals surface area contributed by atoms with Crippen molar-refractivity contribution < 1.29 is 18.1 Å². The van der Waals surface area contributed by atoms with E-state index in [9.17, 15) is 23.3 Å². The molecule has 0 spiro atoms. The molecular formula is C16H21N3O5S. The highest BCUT2D eigenvalue weighted by Crippen LogP contribution is 2.44. The van der Waals surface area contributed by atoms with Crippen molar-refractivity contribution in [3.05, 3.63) is 34.4 Å². The van der Waals surface area contributed by atoms with Gasteiger partial charge in [-0.1, -0.05) is 12.5 Å². The average Bonchev–Trinajstić information content (AvgIpc) is 3.14. The van der Waals surface area contributed by atoms with Crippen LogP contribution in [-0.2, 0) is 14.8 Å². The molecule has 0 radical (unpaired) electrons. The van der Waals surface area contributed by atoms with Crippen molar-refractivity contribution in [3.63, 3.8) is 0 Å². The zero-order valence-corrected chi connectivity index (χ0v) is 14.7. The number of hydrogen-bond donors (Lipinski definition) is 1. The van der Waals surface area contributed by atoms with Crippen LogP contribution in [0.15, 0.2) is 24.3 Å². The molecule has 2 saturated carbocycles. The van der Waals surface area contributed by atoms with Crippen molar-refractivity contribution in [2.45, 2.75) is 31.7 Å². The number of nitrogens with zero attached hydrogens (tertiary/aromatic N) is 2. The lowest BCUT2D eigenvalue weighted by atomic mass is 9.95. The van der Waals surface area contributed by atoms with Crippen LogP contribution in [-0.4, -0.2) is 38.1 Å². The molecule has 1 aromatic carbocycles. The normalized spacial score (nSPS) is 24.9. The number of anilines is 1. The highest BCUT2D eigenvalue weighted by atomic mass is 32.2. The Morgan fingerprint density at radius 2 is 2.12 bits per heavy atom. The summed E-state index contributed by atoms with van der Waals surface area (Å²) in [6, 6.07) is 5.39. The fourth-order valence-electron chi connectivity index (χ4n) is 3.97. The molecule has 2 fully saturated rings. The number of hydrogen-bond acceptors (Lipinski definition) is 5. The summed E-state index contributed by atoms with van der Waals surface area (Å²) < 4.78 is 25.1. The fraction of sp³-hybridized carbons (Fsp3) is 0.562. The number of rotatable bonds is 6. The minimum atomic E-state index is -3.75. The van der Waals surface area contributed by atoms with Gasteiger partial charge >= 0.3 is 0 Å². The summed E-state index contributed by atoms with van der Waals surface area (Å²) in [5.74, 6) is 0.769. The van der Waals surface area contributed by atoms with Gasteiger partial charge in [0.05, 0.1) is 16.9 Å². The molecule has 0 saturated heterocycles. The third kappa shape index (κ3) is 3.92. The maximum Gasteiger partial charge on any atom is 0.271 e. The molecule has 1 aromatic rings. The van der Waals surface area contributed by atoms with Crippen LogP contribution in [0.2, 0.25) is 0 Å². The van der Waals surface area contributed by atoms with E-state index >= 15 is 0 Å². The monoisotopic (exact) mass is 367 g/mol. The van der Waals surface area contributed by atoms with Gasteiger partial charge in [0.15, 0.2) is 0 Å². The fourth-order valence-corrected chi connectivity index (χ4v) is 4.81. The summed E-state index contributed by atoms with van der Waals surface area (Å²) >= 11 is 0. The predicted molar refractivity (Wildman–Crippen MR) is 92.7 cm³/mol. The second-order valence-electron chi connectivity index (χ2n) is 6.90. The number of nitro benzene ring substituents is 1. The Kier molecular flexibility index (Phi) is 4.68. The summed E-state index contributed by atoms with van der Waals surface area (Å²) in [6.07, 6.45) is 5.38. The minimum absolute atomic E-state index is 0.109. The third-order valence-corrected chi connectivity index (χ3v) is 6.24. The van der Waals surface area contributed by atoms with E-state index in [2.05, 4.69) is 5.32 Å². The summed E-state index contributed by atoms with van der Waals surface area (Å²) in [6.45, 7) is -0.381. The maximum atomic E-state index is 12.4. The number of carbonyl (C=O) groups is 1. The summed E-state index contributed by atoms with van der Waals surface area (Å²) in [4.78, 5) is 22.7. The molecule has 25 heavy (non-hydrogen) atoms. The SMILES string of the molecule is CS(=O)(=O)N(CC(=O)N[C@H]1C[C@@H]2CC[C@@H]1C2)c1cccc([N+](=O)[O-])c1. The van der Waals surface area contributed by atoms with E-state index in [0.717, 1.165) is 35.9 Å². The third-order valence-electron chi connectivity index (χ3n) is 5.10. The van der Waals surface area contributed by atoms with Gasteiger partial charge in [0.25, 0.3) is 5.69 Å². The molecule has 0 heterocycles. The molecule has 9 heteroatoms. The number of carbonyl (C=O) groups excluding carboxylic acids is 1. The number of nitro groups is 1. The largest absolute Gasteiger partial charge is 0.352 e. The number of non-ortho nitro benzene ring substituents is 1. The molecule has 3 rings (SSSR count). The summed E-state index contributed by atoms with van der Waals surface area (Å²) in [7, 11) is -3.75. The van der Waals surface area contributed by atoms with Crippen molar-refractivity contribution in [3.8, 4) is 0 Å². The molecule has 136 valence electrons. The second-order valence-corrected chi connectivity index (χ2v) is 8.80. The highest BCUT2D eigenvalue weighted by molar-refractivity contribution is 7.92. The Hall–Kier alpha value is -2.16. The van der Waals surface area contributed by atoms with E-state index in [1.807, 2.05) is 0 Å². The van der Waals surface area contributed by atoms with E-state index in [4.69, 9.17) is 0 Å². The first-order valence-corrected chi connectivity index (χ1v) is 10.1. The number of sulfonamides is 1. The lowest BCUT2D eigenvalue weighted by Gasteiger charge is -2.26. The lowest BCUT2D eigenvalue weighted by molar-refractivity contribution is -0.384. The highest BCUT2D eigenvalue weighted by Gasteiger charge is 2.40. The molecule has 0 unspecified atom stereocenters. The number of nitrogens with one attached hydrogen (secondary N) is 1. The Balaban J connectivity index is 1.74. The van der Waals surface area contributed by atoms with E-state index in [1.54, 1.807) is 0 Å². The number of amides is 1. The predicted octanol–water partition coefficient (Wildman–Crippen LogP) is 1.67. The van der Waals surface area contributed by atoms with Crippen LogP contribution in [0.1, 0.15) is 25.7 Å². The maximum absolute atomic E-state index is 12.4. The standard InChI is InChI=1S/C16H21N3O5S/c1-25(23,24)18(13-3-2-4-14(9-13)19(21)22)10-16(20)17-15-8-11-5-6-12(15)7-11/h2-4,9,11-12,15H,5-8,10H2,1H3,(H,17,20)/t11-,12-,15+/m1/s1. The van der Waals surface area contributed by atoms with Crippen LogP contribution in [0, 0.1) is 22.0 Å². The van der Waals surface area contributed by atoms with Crippen LogP contribution in [0.25, 0.3) is 0 Å². The number of fused-ring (bicyclic) bond motifs is 2.